The Kier molecular flexibility index (Phi) is 9.09. The number of hydrogen-bond donors (Lipinski definition) is 1. The minimum atomic E-state index is -0.513. The second-order valence-corrected chi connectivity index (χ2v) is 6.55. The first-order valence-corrected chi connectivity index (χ1v) is 8.70. The number of hydrogen-bond acceptors (Lipinski definition) is 5. The predicted octanol–water partition coefficient (Wildman–Crippen LogP) is 2.26. The number of rotatable bonds is 9. The lowest BCUT2D eigenvalue weighted by Gasteiger charge is -2.22. The number of carbonyl (C=O) groups is 3. The van der Waals surface area contributed by atoms with Crippen molar-refractivity contribution in [2.75, 3.05) is 46.2 Å². The van der Waals surface area contributed by atoms with Gasteiger partial charge in [0.1, 0.15) is 0 Å². The van der Waals surface area contributed by atoms with E-state index in [1.54, 1.807) is 4.90 Å². The summed E-state index contributed by atoms with van der Waals surface area (Å²) in [7, 11) is 5.22. The summed E-state index contributed by atoms with van der Waals surface area (Å²) in [6, 6.07) is 4.50. The van der Waals surface area contributed by atoms with Crippen molar-refractivity contribution < 1.29 is 19.1 Å². The van der Waals surface area contributed by atoms with Crippen LogP contribution in [0.4, 0.5) is 5.69 Å². The monoisotopic (exact) mass is 383 g/mol. The van der Waals surface area contributed by atoms with E-state index in [1.165, 1.54) is 32.2 Å². The van der Waals surface area contributed by atoms with E-state index in [2.05, 4.69) is 10.1 Å². The molecular weight excluding hydrogens is 358 g/mol. The molecule has 0 aliphatic rings. The van der Waals surface area contributed by atoms with Gasteiger partial charge in [-0.2, -0.15) is 0 Å². The van der Waals surface area contributed by atoms with Crippen LogP contribution >= 0.6 is 11.6 Å². The van der Waals surface area contributed by atoms with Gasteiger partial charge in [-0.25, -0.2) is 4.79 Å². The number of nitrogens with zero attached hydrogens (tertiary/aromatic N) is 2. The molecule has 0 heterocycles. The van der Waals surface area contributed by atoms with E-state index in [9.17, 15) is 14.4 Å². The molecule has 2 amide bonds. The van der Waals surface area contributed by atoms with Crippen molar-refractivity contribution in [3.63, 3.8) is 0 Å². The van der Waals surface area contributed by atoms with Crippen LogP contribution in [0.5, 0.6) is 0 Å². The van der Waals surface area contributed by atoms with Crippen LogP contribution in [0.2, 0.25) is 5.02 Å². The Bertz CT molecular complexity index is 649. The fourth-order valence-electron chi connectivity index (χ4n) is 2.32. The second kappa shape index (κ2) is 10.8. The zero-order valence-corrected chi connectivity index (χ0v) is 16.4. The normalized spacial score (nSPS) is 10.5. The highest BCUT2D eigenvalue weighted by molar-refractivity contribution is 6.33. The molecule has 1 aromatic rings. The molecular formula is C18H26ClN3O4. The Morgan fingerprint density at radius 2 is 1.85 bits per heavy atom. The van der Waals surface area contributed by atoms with Crippen molar-refractivity contribution in [1.82, 2.24) is 9.80 Å². The van der Waals surface area contributed by atoms with E-state index in [0.29, 0.717) is 29.4 Å². The van der Waals surface area contributed by atoms with Crippen LogP contribution in [-0.2, 0) is 14.3 Å². The molecule has 8 heteroatoms. The first-order valence-electron chi connectivity index (χ1n) is 8.32. The number of methoxy groups -OCH3 is 1. The molecule has 0 saturated heterocycles. The molecule has 1 rings (SSSR count). The van der Waals surface area contributed by atoms with Crippen LogP contribution in [0.3, 0.4) is 0 Å². The van der Waals surface area contributed by atoms with Gasteiger partial charge in [0.05, 0.1) is 23.4 Å². The van der Waals surface area contributed by atoms with Gasteiger partial charge in [-0.15, -0.1) is 0 Å². The van der Waals surface area contributed by atoms with Gasteiger partial charge >= 0.3 is 5.97 Å². The average Bonchev–Trinajstić information content (AvgIpc) is 2.58. The molecule has 0 aliphatic carbocycles. The number of carbonyl (C=O) groups excluding carboxylic acids is 3. The molecule has 0 aliphatic heterocycles. The number of anilines is 1. The average molecular weight is 384 g/mol. The summed E-state index contributed by atoms with van der Waals surface area (Å²) in [6.07, 6.45) is 0.974. The first-order chi connectivity index (χ1) is 12.2. The SMILES string of the molecule is COC(=O)c1ccc(Cl)c(NC(=O)CCN(CCCN(C)C)C(C)=O)c1. The maximum Gasteiger partial charge on any atom is 0.337 e. The highest BCUT2D eigenvalue weighted by Crippen LogP contribution is 2.23. The first kappa shape index (κ1) is 21.9. The van der Waals surface area contributed by atoms with Gasteiger partial charge in [-0.05, 0) is 45.3 Å². The number of benzene rings is 1. The van der Waals surface area contributed by atoms with Gasteiger partial charge < -0.3 is 19.9 Å². The standard InChI is InChI=1S/C18H26ClN3O4/c1-13(23)22(10-5-9-21(2)3)11-8-17(24)20-16-12-14(18(25)26-4)6-7-15(16)19/h6-7,12H,5,8-11H2,1-4H3,(H,20,24). The maximum absolute atomic E-state index is 12.2. The van der Waals surface area contributed by atoms with E-state index in [4.69, 9.17) is 11.6 Å². The minimum absolute atomic E-state index is 0.0673. The van der Waals surface area contributed by atoms with Crippen molar-refractivity contribution >= 4 is 35.1 Å². The number of nitrogens with one attached hydrogen (secondary N) is 1. The smallest absolute Gasteiger partial charge is 0.337 e. The molecule has 1 N–H and O–H groups in total. The lowest BCUT2D eigenvalue weighted by molar-refractivity contribution is -0.129. The Labute approximate surface area is 159 Å². The summed E-state index contributed by atoms with van der Waals surface area (Å²) in [4.78, 5) is 39.2. The Morgan fingerprint density at radius 3 is 2.42 bits per heavy atom. The molecule has 0 saturated carbocycles. The number of amides is 2. The molecule has 26 heavy (non-hydrogen) atoms. The number of esters is 1. The summed E-state index contributed by atoms with van der Waals surface area (Å²) in [5.41, 5.74) is 0.628. The molecule has 144 valence electrons. The molecule has 7 nitrogen and oxygen atoms in total. The Hall–Kier alpha value is -2.12. The molecule has 0 spiro atoms. The van der Waals surface area contributed by atoms with Gasteiger partial charge in [-0.1, -0.05) is 11.6 Å². The van der Waals surface area contributed by atoms with Crippen molar-refractivity contribution in [3.05, 3.63) is 28.8 Å². The van der Waals surface area contributed by atoms with Gasteiger partial charge in [0, 0.05) is 26.4 Å². The molecule has 0 radical (unpaired) electrons. The van der Waals surface area contributed by atoms with Crippen molar-refractivity contribution in [2.45, 2.75) is 19.8 Å². The third-order valence-electron chi connectivity index (χ3n) is 3.75. The quantitative estimate of drug-likeness (QED) is 0.662. The van der Waals surface area contributed by atoms with Crippen LogP contribution in [-0.4, -0.2) is 68.4 Å². The van der Waals surface area contributed by atoms with Gasteiger partial charge in [-0.3, -0.25) is 9.59 Å². The van der Waals surface area contributed by atoms with Gasteiger partial charge in [0.2, 0.25) is 11.8 Å². The zero-order chi connectivity index (χ0) is 19.7. The Balaban J connectivity index is 2.62. The number of ether oxygens (including phenoxy) is 1. The van der Waals surface area contributed by atoms with Crippen LogP contribution < -0.4 is 5.32 Å². The molecule has 0 bridgehead atoms. The van der Waals surface area contributed by atoms with E-state index in [-0.39, 0.29) is 18.2 Å². The van der Waals surface area contributed by atoms with Crippen LogP contribution in [0, 0.1) is 0 Å². The van der Waals surface area contributed by atoms with Crippen LogP contribution in [0.1, 0.15) is 30.1 Å². The second-order valence-electron chi connectivity index (χ2n) is 6.15. The van der Waals surface area contributed by atoms with Crippen molar-refractivity contribution in [3.8, 4) is 0 Å². The van der Waals surface area contributed by atoms with Gasteiger partial charge in [0.25, 0.3) is 0 Å². The molecule has 0 unspecified atom stereocenters. The fraction of sp³-hybridized carbons (Fsp3) is 0.500. The number of halogens is 1. The van der Waals surface area contributed by atoms with Gasteiger partial charge in [0.15, 0.2) is 0 Å². The lowest BCUT2D eigenvalue weighted by Crippen LogP contribution is -2.34. The largest absolute Gasteiger partial charge is 0.465 e. The molecule has 0 fully saturated rings. The van der Waals surface area contributed by atoms with E-state index in [0.717, 1.165) is 13.0 Å². The van der Waals surface area contributed by atoms with Crippen molar-refractivity contribution in [2.24, 2.45) is 0 Å². The van der Waals surface area contributed by atoms with Crippen LogP contribution in [0.25, 0.3) is 0 Å². The zero-order valence-electron chi connectivity index (χ0n) is 15.7. The molecule has 0 atom stereocenters. The maximum atomic E-state index is 12.2. The topological polar surface area (TPSA) is 79.0 Å². The fourth-order valence-corrected chi connectivity index (χ4v) is 2.48. The van der Waals surface area contributed by atoms with Crippen LogP contribution in [0.15, 0.2) is 18.2 Å². The summed E-state index contributed by atoms with van der Waals surface area (Å²) >= 11 is 6.06. The Morgan fingerprint density at radius 1 is 1.15 bits per heavy atom. The van der Waals surface area contributed by atoms with E-state index >= 15 is 0 Å². The third-order valence-corrected chi connectivity index (χ3v) is 4.08. The highest BCUT2D eigenvalue weighted by Gasteiger charge is 2.14. The summed E-state index contributed by atoms with van der Waals surface area (Å²) in [5, 5.41) is 2.99. The molecule has 1 aromatic carbocycles. The summed E-state index contributed by atoms with van der Waals surface area (Å²) in [5.74, 6) is -0.865. The van der Waals surface area contributed by atoms with E-state index in [1.807, 2.05) is 19.0 Å². The predicted molar refractivity (Wildman–Crippen MR) is 101 cm³/mol. The minimum Gasteiger partial charge on any atom is -0.465 e. The summed E-state index contributed by atoms with van der Waals surface area (Å²) < 4.78 is 4.65. The third kappa shape index (κ3) is 7.41. The van der Waals surface area contributed by atoms with E-state index < -0.39 is 5.97 Å². The summed E-state index contributed by atoms with van der Waals surface area (Å²) in [6.45, 7) is 3.28. The van der Waals surface area contributed by atoms with Crippen molar-refractivity contribution in [1.29, 1.82) is 0 Å². The molecule has 0 aromatic heterocycles. The highest BCUT2D eigenvalue weighted by atomic mass is 35.5. The lowest BCUT2D eigenvalue weighted by atomic mass is 10.2.